The molecule has 0 radical (unpaired) electrons. The van der Waals surface area contributed by atoms with Gasteiger partial charge in [-0.3, -0.25) is 14.5 Å². The van der Waals surface area contributed by atoms with Gasteiger partial charge in [0.15, 0.2) is 0 Å². The van der Waals surface area contributed by atoms with E-state index < -0.39 is 0 Å². The van der Waals surface area contributed by atoms with Crippen LogP contribution < -0.4 is 5.73 Å². The molecule has 2 heterocycles. The molecule has 2 amide bonds. The lowest BCUT2D eigenvalue weighted by atomic mass is 10.1. The summed E-state index contributed by atoms with van der Waals surface area (Å²) in [5.41, 5.74) is 6.48. The van der Waals surface area contributed by atoms with Gasteiger partial charge in [0.1, 0.15) is 0 Å². The van der Waals surface area contributed by atoms with Crippen LogP contribution in [0.1, 0.15) is 53.3 Å². The van der Waals surface area contributed by atoms with Gasteiger partial charge >= 0.3 is 0 Å². The van der Waals surface area contributed by atoms with Crippen molar-refractivity contribution in [2.75, 3.05) is 31.5 Å². The Morgan fingerprint density at radius 1 is 1.12 bits per heavy atom. The fourth-order valence-electron chi connectivity index (χ4n) is 3.28. The maximum absolute atomic E-state index is 11.8. The molecule has 0 bridgehead atoms. The van der Waals surface area contributed by atoms with Crippen molar-refractivity contribution in [1.82, 2.24) is 9.80 Å². The predicted molar refractivity (Wildman–Crippen MR) is 104 cm³/mol. The number of alkyl halides is 1. The van der Waals surface area contributed by atoms with Gasteiger partial charge in [0, 0.05) is 17.9 Å². The van der Waals surface area contributed by atoms with Crippen molar-refractivity contribution in [1.29, 1.82) is 0 Å². The molecule has 2 aliphatic rings. The maximum atomic E-state index is 11.8. The van der Waals surface area contributed by atoms with E-state index in [0.29, 0.717) is 17.7 Å². The van der Waals surface area contributed by atoms with Crippen LogP contribution in [-0.2, 0) is 0 Å². The van der Waals surface area contributed by atoms with Crippen molar-refractivity contribution in [3.8, 4) is 0 Å². The highest BCUT2D eigenvalue weighted by Gasteiger charge is 2.34. The van der Waals surface area contributed by atoms with E-state index in [-0.39, 0.29) is 11.8 Å². The molecule has 2 aliphatic heterocycles. The highest BCUT2D eigenvalue weighted by molar-refractivity contribution is 9.09. The Morgan fingerprint density at radius 2 is 1.76 bits per heavy atom. The molecule has 1 aromatic rings. The summed E-state index contributed by atoms with van der Waals surface area (Å²) in [5.74, 6) is -0.340. The number of imide groups is 1. The minimum absolute atomic E-state index is 0.170. The number of benzene rings is 1. The average molecular weight is 410 g/mol. The second-order valence-corrected chi connectivity index (χ2v) is 7.31. The van der Waals surface area contributed by atoms with Crippen molar-refractivity contribution in [3.63, 3.8) is 0 Å². The molecule has 1 atom stereocenters. The van der Waals surface area contributed by atoms with Gasteiger partial charge in [0.2, 0.25) is 0 Å². The summed E-state index contributed by atoms with van der Waals surface area (Å²) in [6, 6.07) is 7.76. The van der Waals surface area contributed by atoms with Gasteiger partial charge < -0.3 is 10.6 Å². The molecule has 1 aromatic carbocycles. The van der Waals surface area contributed by atoms with Gasteiger partial charge in [-0.05, 0) is 64.4 Å². The van der Waals surface area contributed by atoms with Crippen molar-refractivity contribution in [2.45, 2.75) is 38.6 Å². The number of halogens is 1. The number of nitrogens with two attached hydrogens (primary N) is 1. The molecule has 6 heteroatoms. The number of amides is 2. The highest BCUT2D eigenvalue weighted by atomic mass is 79.9. The number of carbonyl (C=O) groups is 2. The minimum atomic E-state index is -0.170. The van der Waals surface area contributed by atoms with Gasteiger partial charge in [-0.2, -0.15) is 0 Å². The third-order valence-corrected chi connectivity index (χ3v) is 5.29. The largest absolute Gasteiger partial charge is 0.330 e. The first-order valence-corrected chi connectivity index (χ1v) is 10.2. The molecule has 2 N–H and O–H groups in total. The van der Waals surface area contributed by atoms with Crippen LogP contribution >= 0.6 is 15.9 Å². The van der Waals surface area contributed by atoms with Crippen LogP contribution in [0.3, 0.4) is 0 Å². The zero-order chi connectivity index (χ0) is 18.2. The molecule has 1 fully saturated rings. The first kappa shape index (κ1) is 20.1. The van der Waals surface area contributed by atoms with Crippen LogP contribution in [0.15, 0.2) is 24.3 Å². The monoisotopic (exact) mass is 409 g/mol. The van der Waals surface area contributed by atoms with Crippen LogP contribution in [0.25, 0.3) is 0 Å². The smallest absolute Gasteiger partial charge is 0.261 e. The Morgan fingerprint density at radius 3 is 2.24 bits per heavy atom. The summed E-state index contributed by atoms with van der Waals surface area (Å²) in [7, 11) is 0. The SMILES string of the molecule is CC1CCCN1CCCN.O=C1c2ccccc2C(=O)N1CCCBr. The van der Waals surface area contributed by atoms with Crippen LogP contribution in [0.4, 0.5) is 0 Å². The molecule has 0 spiro atoms. The fraction of sp³-hybridized carbons (Fsp3) is 0.579. The standard InChI is InChI=1S/C11H10BrNO2.C8H18N2/c12-6-3-7-13-10(14)8-4-1-2-5-9(8)11(13)15;1-8-4-2-6-10(8)7-3-5-9/h1-2,4-5H,3,6-7H2;8H,2-7,9H2,1H3. The molecule has 0 saturated carbocycles. The van der Waals surface area contributed by atoms with E-state index in [1.807, 2.05) is 0 Å². The van der Waals surface area contributed by atoms with E-state index in [2.05, 4.69) is 27.8 Å². The zero-order valence-corrected chi connectivity index (χ0v) is 16.5. The first-order chi connectivity index (χ1) is 12.1. The molecule has 0 aromatic heterocycles. The molecular weight excluding hydrogens is 382 g/mol. The lowest BCUT2D eigenvalue weighted by molar-refractivity contribution is 0.0655. The van der Waals surface area contributed by atoms with Gasteiger partial charge in [-0.15, -0.1) is 0 Å². The maximum Gasteiger partial charge on any atom is 0.261 e. The predicted octanol–water partition coefficient (Wildman–Crippen LogP) is 2.89. The van der Waals surface area contributed by atoms with Crippen LogP contribution in [0, 0.1) is 0 Å². The number of hydrogen-bond donors (Lipinski definition) is 1. The van der Waals surface area contributed by atoms with E-state index >= 15 is 0 Å². The van der Waals surface area contributed by atoms with E-state index in [4.69, 9.17) is 5.73 Å². The first-order valence-electron chi connectivity index (χ1n) is 9.05. The van der Waals surface area contributed by atoms with Gasteiger partial charge in [0.05, 0.1) is 11.1 Å². The Hall–Kier alpha value is -1.24. The number of fused-ring (bicyclic) bond motifs is 1. The van der Waals surface area contributed by atoms with E-state index in [1.54, 1.807) is 24.3 Å². The van der Waals surface area contributed by atoms with Crippen molar-refractivity contribution < 1.29 is 9.59 Å². The van der Waals surface area contributed by atoms with Crippen molar-refractivity contribution in [2.24, 2.45) is 5.73 Å². The Bertz CT molecular complexity index is 559. The van der Waals surface area contributed by atoms with Gasteiger partial charge in [-0.25, -0.2) is 0 Å². The van der Waals surface area contributed by atoms with Crippen LogP contribution in [0.2, 0.25) is 0 Å². The molecule has 138 valence electrons. The molecule has 1 saturated heterocycles. The second-order valence-electron chi connectivity index (χ2n) is 6.52. The molecule has 1 unspecified atom stereocenters. The summed E-state index contributed by atoms with van der Waals surface area (Å²) in [4.78, 5) is 27.5. The summed E-state index contributed by atoms with van der Waals surface area (Å²) in [6.45, 7) is 6.13. The molecule has 25 heavy (non-hydrogen) atoms. The number of nitrogens with zero attached hydrogens (tertiary/aromatic N) is 2. The number of likely N-dealkylation sites (tertiary alicyclic amines) is 1. The lowest BCUT2D eigenvalue weighted by Crippen LogP contribution is -2.30. The third kappa shape index (κ3) is 5.12. The van der Waals surface area contributed by atoms with Crippen LogP contribution in [0.5, 0.6) is 0 Å². The van der Waals surface area contributed by atoms with E-state index in [0.717, 1.165) is 30.8 Å². The Kier molecular flexibility index (Phi) is 8.06. The van der Waals surface area contributed by atoms with Gasteiger partial charge in [-0.1, -0.05) is 28.1 Å². The summed E-state index contributed by atoms with van der Waals surface area (Å²) in [5, 5.41) is 0.792. The quantitative estimate of drug-likeness (QED) is 0.579. The number of carbonyl (C=O) groups excluding carboxylic acids is 2. The van der Waals surface area contributed by atoms with E-state index in [9.17, 15) is 9.59 Å². The zero-order valence-electron chi connectivity index (χ0n) is 14.9. The van der Waals surface area contributed by atoms with Gasteiger partial charge in [0.25, 0.3) is 11.8 Å². The topological polar surface area (TPSA) is 66.6 Å². The Balaban J connectivity index is 0.000000196. The summed E-state index contributed by atoms with van der Waals surface area (Å²) in [6.07, 6.45) is 4.70. The molecule has 3 rings (SSSR count). The second kappa shape index (κ2) is 10.0. The van der Waals surface area contributed by atoms with E-state index in [1.165, 1.54) is 30.8 Å². The fourth-order valence-corrected chi connectivity index (χ4v) is 3.53. The molecule has 0 aliphatic carbocycles. The summed E-state index contributed by atoms with van der Waals surface area (Å²) < 4.78 is 0. The minimum Gasteiger partial charge on any atom is -0.330 e. The lowest BCUT2D eigenvalue weighted by Gasteiger charge is -2.19. The molecular formula is C19H28BrN3O2. The number of rotatable bonds is 6. The highest BCUT2D eigenvalue weighted by Crippen LogP contribution is 2.22. The Labute approximate surface area is 158 Å². The average Bonchev–Trinajstić information content (AvgIpc) is 3.14. The number of hydrogen-bond acceptors (Lipinski definition) is 4. The third-order valence-electron chi connectivity index (χ3n) is 4.73. The normalized spacial score (nSPS) is 19.8. The van der Waals surface area contributed by atoms with Crippen molar-refractivity contribution >= 4 is 27.7 Å². The summed E-state index contributed by atoms with van der Waals surface area (Å²) >= 11 is 3.28. The van der Waals surface area contributed by atoms with Crippen LogP contribution in [-0.4, -0.2) is 59.2 Å². The van der Waals surface area contributed by atoms with Crippen molar-refractivity contribution in [3.05, 3.63) is 35.4 Å². The molecule has 5 nitrogen and oxygen atoms in total.